The van der Waals surface area contributed by atoms with Gasteiger partial charge < -0.3 is 5.11 Å². The first-order valence-corrected chi connectivity index (χ1v) is 5.81. The molecule has 0 aromatic heterocycles. The molecule has 0 saturated carbocycles. The second-order valence-electron chi connectivity index (χ2n) is 4.43. The Kier molecular flexibility index (Phi) is 4.62. The molecule has 84 valence electrons. The second-order valence-corrected chi connectivity index (χ2v) is 4.84. The van der Waals surface area contributed by atoms with Crippen molar-refractivity contribution in [3.05, 3.63) is 34.3 Å². The zero-order valence-corrected chi connectivity index (χ0v) is 10.4. The van der Waals surface area contributed by atoms with Gasteiger partial charge in [0, 0.05) is 5.02 Å². The van der Waals surface area contributed by atoms with Gasteiger partial charge in [-0.05, 0) is 42.9 Å². The molecule has 1 aromatic carbocycles. The number of hydrogen-bond donors (Lipinski definition) is 1. The fourth-order valence-electron chi connectivity index (χ4n) is 1.44. The van der Waals surface area contributed by atoms with Gasteiger partial charge in [-0.3, -0.25) is 0 Å². The van der Waals surface area contributed by atoms with Gasteiger partial charge in [-0.2, -0.15) is 0 Å². The van der Waals surface area contributed by atoms with E-state index in [1.165, 1.54) is 5.56 Å². The van der Waals surface area contributed by atoms with E-state index in [4.69, 9.17) is 11.6 Å². The van der Waals surface area contributed by atoms with E-state index >= 15 is 0 Å². The summed E-state index contributed by atoms with van der Waals surface area (Å²) < 4.78 is 0. The predicted molar refractivity (Wildman–Crippen MR) is 65.4 cm³/mol. The summed E-state index contributed by atoms with van der Waals surface area (Å²) in [7, 11) is 0. The Morgan fingerprint density at radius 2 is 2.00 bits per heavy atom. The average Bonchev–Trinajstić information content (AvgIpc) is 2.19. The first-order chi connectivity index (χ1) is 7.00. The number of halogens is 1. The van der Waals surface area contributed by atoms with Gasteiger partial charge in [0.05, 0.1) is 6.10 Å². The molecule has 1 atom stereocenters. The van der Waals surface area contributed by atoms with Crippen molar-refractivity contribution in [2.24, 2.45) is 5.92 Å². The second kappa shape index (κ2) is 5.53. The molecule has 1 unspecified atom stereocenters. The highest BCUT2D eigenvalue weighted by Gasteiger charge is 2.09. The monoisotopic (exact) mass is 226 g/mol. The first kappa shape index (κ1) is 12.5. The largest absolute Gasteiger partial charge is 0.393 e. The first-order valence-electron chi connectivity index (χ1n) is 5.44. The molecule has 0 aliphatic rings. The highest BCUT2D eigenvalue weighted by molar-refractivity contribution is 6.31. The molecule has 1 N–H and O–H groups in total. The Bertz CT molecular complexity index is 320. The Balaban J connectivity index is 2.55. The molecule has 1 rings (SSSR count). The van der Waals surface area contributed by atoms with Crippen LogP contribution < -0.4 is 0 Å². The van der Waals surface area contributed by atoms with Gasteiger partial charge in [-0.25, -0.2) is 0 Å². The average molecular weight is 227 g/mol. The SMILES string of the molecule is Cc1ccc(CCC(O)C(C)C)cc1Cl. The molecule has 1 nitrogen and oxygen atoms in total. The maximum atomic E-state index is 9.68. The summed E-state index contributed by atoms with van der Waals surface area (Å²) in [6.45, 7) is 6.06. The van der Waals surface area contributed by atoms with Crippen LogP contribution in [0.3, 0.4) is 0 Å². The van der Waals surface area contributed by atoms with Crippen molar-refractivity contribution in [3.63, 3.8) is 0 Å². The Morgan fingerprint density at radius 3 is 2.53 bits per heavy atom. The van der Waals surface area contributed by atoms with Crippen LogP contribution in [-0.4, -0.2) is 11.2 Å². The number of rotatable bonds is 4. The maximum Gasteiger partial charge on any atom is 0.0566 e. The molecular formula is C13H19ClO. The summed E-state index contributed by atoms with van der Waals surface area (Å²) in [6, 6.07) is 6.09. The molecule has 0 spiro atoms. The Labute approximate surface area is 97.1 Å². The molecule has 0 saturated heterocycles. The van der Waals surface area contributed by atoms with E-state index in [0.29, 0.717) is 5.92 Å². The van der Waals surface area contributed by atoms with Crippen molar-refractivity contribution < 1.29 is 5.11 Å². The third-order valence-corrected chi connectivity index (χ3v) is 3.14. The van der Waals surface area contributed by atoms with E-state index in [1.54, 1.807) is 0 Å². The maximum absolute atomic E-state index is 9.68. The van der Waals surface area contributed by atoms with Crippen molar-refractivity contribution in [2.45, 2.75) is 39.7 Å². The van der Waals surface area contributed by atoms with Crippen molar-refractivity contribution >= 4 is 11.6 Å². The van der Waals surface area contributed by atoms with Crippen molar-refractivity contribution in [1.29, 1.82) is 0 Å². The van der Waals surface area contributed by atoms with Gasteiger partial charge in [-0.15, -0.1) is 0 Å². The summed E-state index contributed by atoms with van der Waals surface area (Å²) in [4.78, 5) is 0. The Hall–Kier alpha value is -0.530. The molecule has 15 heavy (non-hydrogen) atoms. The molecule has 0 heterocycles. The van der Waals surface area contributed by atoms with Crippen molar-refractivity contribution in [2.75, 3.05) is 0 Å². The van der Waals surface area contributed by atoms with Gasteiger partial charge in [0.1, 0.15) is 0 Å². The molecule has 0 aliphatic heterocycles. The molecule has 0 fully saturated rings. The van der Waals surface area contributed by atoms with Crippen LogP contribution in [0, 0.1) is 12.8 Å². The Morgan fingerprint density at radius 1 is 1.33 bits per heavy atom. The number of aryl methyl sites for hydroxylation is 2. The van der Waals surface area contributed by atoms with E-state index in [2.05, 4.69) is 6.07 Å². The van der Waals surface area contributed by atoms with Gasteiger partial charge in [0.25, 0.3) is 0 Å². The van der Waals surface area contributed by atoms with Crippen LogP contribution in [0.1, 0.15) is 31.4 Å². The van der Waals surface area contributed by atoms with Crippen LogP contribution in [-0.2, 0) is 6.42 Å². The van der Waals surface area contributed by atoms with Gasteiger partial charge in [0.2, 0.25) is 0 Å². The molecule has 0 aliphatic carbocycles. The summed E-state index contributed by atoms with van der Waals surface area (Å²) in [6.07, 6.45) is 1.47. The van der Waals surface area contributed by atoms with Crippen LogP contribution >= 0.6 is 11.6 Å². The molecule has 1 aromatic rings. The standard InChI is InChI=1S/C13H19ClO/c1-9(2)13(15)7-6-11-5-4-10(3)12(14)8-11/h4-5,8-9,13,15H,6-7H2,1-3H3. The minimum atomic E-state index is -0.218. The number of benzene rings is 1. The lowest BCUT2D eigenvalue weighted by Crippen LogP contribution is -2.15. The number of aliphatic hydroxyl groups excluding tert-OH is 1. The highest BCUT2D eigenvalue weighted by Crippen LogP contribution is 2.18. The molecule has 2 heteroatoms. The number of aliphatic hydroxyl groups is 1. The quantitative estimate of drug-likeness (QED) is 0.832. The minimum absolute atomic E-state index is 0.218. The van der Waals surface area contributed by atoms with Gasteiger partial charge >= 0.3 is 0 Å². The zero-order chi connectivity index (χ0) is 11.4. The zero-order valence-electron chi connectivity index (χ0n) is 9.63. The van der Waals surface area contributed by atoms with Crippen LogP contribution in [0.2, 0.25) is 5.02 Å². The topological polar surface area (TPSA) is 20.2 Å². The third kappa shape index (κ3) is 3.84. The van der Waals surface area contributed by atoms with Crippen LogP contribution in [0.4, 0.5) is 0 Å². The fraction of sp³-hybridized carbons (Fsp3) is 0.538. The summed E-state index contributed by atoms with van der Waals surface area (Å²) >= 11 is 6.03. The van der Waals surface area contributed by atoms with E-state index in [1.807, 2.05) is 32.9 Å². The fourth-order valence-corrected chi connectivity index (χ4v) is 1.64. The lowest BCUT2D eigenvalue weighted by Gasteiger charge is -2.14. The molecular weight excluding hydrogens is 208 g/mol. The van der Waals surface area contributed by atoms with Gasteiger partial charge in [-0.1, -0.05) is 37.6 Å². The molecule has 0 bridgehead atoms. The van der Waals surface area contributed by atoms with Crippen LogP contribution in [0.25, 0.3) is 0 Å². The van der Waals surface area contributed by atoms with E-state index < -0.39 is 0 Å². The lowest BCUT2D eigenvalue weighted by atomic mass is 9.99. The van der Waals surface area contributed by atoms with E-state index in [0.717, 1.165) is 23.4 Å². The summed E-state index contributed by atoms with van der Waals surface area (Å²) in [5.41, 5.74) is 2.30. The normalized spacial score (nSPS) is 13.2. The minimum Gasteiger partial charge on any atom is -0.393 e. The van der Waals surface area contributed by atoms with Crippen LogP contribution in [0.5, 0.6) is 0 Å². The van der Waals surface area contributed by atoms with E-state index in [-0.39, 0.29) is 6.10 Å². The summed E-state index contributed by atoms with van der Waals surface area (Å²) in [5.74, 6) is 0.325. The smallest absolute Gasteiger partial charge is 0.0566 e. The van der Waals surface area contributed by atoms with Gasteiger partial charge in [0.15, 0.2) is 0 Å². The van der Waals surface area contributed by atoms with E-state index in [9.17, 15) is 5.11 Å². The lowest BCUT2D eigenvalue weighted by molar-refractivity contribution is 0.116. The molecule has 0 amide bonds. The highest BCUT2D eigenvalue weighted by atomic mass is 35.5. The summed E-state index contributed by atoms with van der Waals surface area (Å²) in [5, 5.41) is 10.5. The predicted octanol–water partition coefficient (Wildman–Crippen LogP) is 3.60. The number of hydrogen-bond acceptors (Lipinski definition) is 1. The third-order valence-electron chi connectivity index (χ3n) is 2.73. The molecule has 0 radical (unpaired) electrons. The van der Waals surface area contributed by atoms with Crippen molar-refractivity contribution in [1.82, 2.24) is 0 Å². The van der Waals surface area contributed by atoms with Crippen LogP contribution in [0.15, 0.2) is 18.2 Å². The van der Waals surface area contributed by atoms with Crippen molar-refractivity contribution in [3.8, 4) is 0 Å².